The molecule has 2 aliphatic heterocycles. The van der Waals surface area contributed by atoms with E-state index in [-0.39, 0.29) is 24.1 Å². The van der Waals surface area contributed by atoms with Gasteiger partial charge in [-0.2, -0.15) is 0 Å². The predicted molar refractivity (Wildman–Crippen MR) is 86.4 cm³/mol. The third kappa shape index (κ3) is 4.81. The number of piperazine rings is 1. The Bertz CT molecular complexity index is 449. The van der Waals surface area contributed by atoms with Crippen LogP contribution < -0.4 is 5.32 Å². The van der Waals surface area contributed by atoms with Gasteiger partial charge in [-0.1, -0.05) is 0 Å². The minimum Gasteiger partial charge on any atom is -0.481 e. The molecule has 0 aliphatic carbocycles. The highest BCUT2D eigenvalue weighted by Crippen LogP contribution is 2.22. The summed E-state index contributed by atoms with van der Waals surface area (Å²) in [7, 11) is 0. The monoisotopic (exact) mass is 327 g/mol. The van der Waals surface area contributed by atoms with Crippen LogP contribution in [0.25, 0.3) is 0 Å². The van der Waals surface area contributed by atoms with Crippen molar-refractivity contribution in [2.75, 3.05) is 32.7 Å². The molecule has 0 spiro atoms. The standard InChI is InChI=1S/C16H29N3O4/c1-11-10-18(15(22)23-16(2,3)4)5-6-19(11)13-7-12(14(20)21)8-17-9-13/h11-13,17H,5-10H2,1-4H3,(H,20,21). The quantitative estimate of drug-likeness (QED) is 0.787. The van der Waals surface area contributed by atoms with Gasteiger partial charge in [0.25, 0.3) is 0 Å². The third-order valence-electron chi connectivity index (χ3n) is 4.48. The largest absolute Gasteiger partial charge is 0.481 e. The highest BCUT2D eigenvalue weighted by molar-refractivity contribution is 5.70. The zero-order chi connectivity index (χ0) is 17.2. The van der Waals surface area contributed by atoms with E-state index >= 15 is 0 Å². The molecule has 1 amide bonds. The van der Waals surface area contributed by atoms with Crippen LogP contribution in [0.2, 0.25) is 0 Å². The predicted octanol–water partition coefficient (Wildman–Crippen LogP) is 0.990. The van der Waals surface area contributed by atoms with Gasteiger partial charge in [-0.25, -0.2) is 4.79 Å². The lowest BCUT2D eigenvalue weighted by Gasteiger charge is -2.45. The number of nitrogens with one attached hydrogen (secondary N) is 1. The van der Waals surface area contributed by atoms with Crippen LogP contribution in [0.4, 0.5) is 4.79 Å². The molecule has 0 aromatic rings. The molecule has 2 rings (SSSR count). The van der Waals surface area contributed by atoms with E-state index in [2.05, 4.69) is 17.1 Å². The Labute approximate surface area is 138 Å². The van der Waals surface area contributed by atoms with Gasteiger partial charge in [0.2, 0.25) is 0 Å². The lowest BCUT2D eigenvalue weighted by molar-refractivity contribution is -0.143. The molecule has 0 aromatic heterocycles. The molecule has 7 nitrogen and oxygen atoms in total. The zero-order valence-electron chi connectivity index (χ0n) is 14.5. The summed E-state index contributed by atoms with van der Waals surface area (Å²) >= 11 is 0. The number of carboxylic acid groups (broad SMARTS) is 1. The second-order valence-corrected chi connectivity index (χ2v) is 7.60. The molecule has 0 radical (unpaired) electrons. The van der Waals surface area contributed by atoms with E-state index in [1.54, 1.807) is 4.90 Å². The molecule has 2 heterocycles. The molecular weight excluding hydrogens is 298 g/mol. The van der Waals surface area contributed by atoms with Crippen molar-refractivity contribution >= 4 is 12.1 Å². The molecule has 0 aromatic carbocycles. The Morgan fingerprint density at radius 1 is 1.22 bits per heavy atom. The van der Waals surface area contributed by atoms with Gasteiger partial charge in [-0.3, -0.25) is 9.69 Å². The number of ether oxygens (including phenoxy) is 1. The second-order valence-electron chi connectivity index (χ2n) is 7.60. The van der Waals surface area contributed by atoms with E-state index in [0.29, 0.717) is 26.1 Å². The fourth-order valence-corrected chi connectivity index (χ4v) is 3.37. The number of carbonyl (C=O) groups excluding carboxylic acids is 1. The van der Waals surface area contributed by atoms with Crippen molar-refractivity contribution < 1.29 is 19.4 Å². The molecule has 2 saturated heterocycles. The Hall–Kier alpha value is -1.34. The topological polar surface area (TPSA) is 82.1 Å². The summed E-state index contributed by atoms with van der Waals surface area (Å²) in [6, 6.07) is 0.399. The third-order valence-corrected chi connectivity index (χ3v) is 4.48. The molecule has 2 N–H and O–H groups in total. The first-order valence-electron chi connectivity index (χ1n) is 8.34. The van der Waals surface area contributed by atoms with Crippen LogP contribution in [-0.4, -0.2) is 77.4 Å². The minimum absolute atomic E-state index is 0.190. The summed E-state index contributed by atoms with van der Waals surface area (Å²) < 4.78 is 5.43. The number of carboxylic acids is 1. The Kier molecular flexibility index (Phi) is 5.52. The fraction of sp³-hybridized carbons (Fsp3) is 0.875. The SMILES string of the molecule is CC1CN(C(=O)OC(C)(C)C)CCN1C1CNCC(C(=O)O)C1. The maximum absolute atomic E-state index is 12.2. The molecule has 23 heavy (non-hydrogen) atoms. The number of hydrogen-bond acceptors (Lipinski definition) is 5. The van der Waals surface area contributed by atoms with E-state index in [1.807, 2.05) is 20.8 Å². The summed E-state index contributed by atoms with van der Waals surface area (Å²) in [5.74, 6) is -1.06. The van der Waals surface area contributed by atoms with E-state index < -0.39 is 11.6 Å². The molecule has 7 heteroatoms. The lowest BCUT2D eigenvalue weighted by Crippen LogP contribution is -2.61. The van der Waals surface area contributed by atoms with Crippen molar-refractivity contribution in [2.24, 2.45) is 5.92 Å². The van der Waals surface area contributed by atoms with Crippen LogP contribution in [0.15, 0.2) is 0 Å². The van der Waals surface area contributed by atoms with Gasteiger partial charge in [0, 0.05) is 44.8 Å². The van der Waals surface area contributed by atoms with Crippen molar-refractivity contribution in [3.05, 3.63) is 0 Å². The van der Waals surface area contributed by atoms with Crippen molar-refractivity contribution in [1.29, 1.82) is 0 Å². The van der Waals surface area contributed by atoms with Gasteiger partial charge in [0.05, 0.1) is 5.92 Å². The molecule has 2 aliphatic rings. The highest BCUT2D eigenvalue weighted by Gasteiger charge is 2.36. The van der Waals surface area contributed by atoms with Crippen molar-refractivity contribution in [3.63, 3.8) is 0 Å². The molecule has 0 bridgehead atoms. The number of amides is 1. The van der Waals surface area contributed by atoms with Crippen LogP contribution >= 0.6 is 0 Å². The first-order valence-corrected chi connectivity index (χ1v) is 8.34. The van der Waals surface area contributed by atoms with Gasteiger partial charge >= 0.3 is 12.1 Å². The Balaban J connectivity index is 1.91. The molecular formula is C16H29N3O4. The maximum atomic E-state index is 12.2. The van der Waals surface area contributed by atoms with Crippen LogP contribution in [0, 0.1) is 5.92 Å². The second kappa shape index (κ2) is 7.05. The van der Waals surface area contributed by atoms with Crippen LogP contribution in [-0.2, 0) is 9.53 Å². The number of aliphatic carboxylic acids is 1. The Morgan fingerprint density at radius 3 is 2.48 bits per heavy atom. The van der Waals surface area contributed by atoms with E-state index in [9.17, 15) is 14.7 Å². The summed E-state index contributed by atoms with van der Waals surface area (Å²) in [4.78, 5) is 27.5. The van der Waals surface area contributed by atoms with Gasteiger partial charge in [-0.05, 0) is 34.1 Å². The summed E-state index contributed by atoms with van der Waals surface area (Å²) in [6.45, 7) is 11.0. The first kappa shape index (κ1) is 18.0. The molecule has 0 saturated carbocycles. The van der Waals surface area contributed by atoms with Gasteiger partial charge < -0.3 is 20.1 Å². The van der Waals surface area contributed by atoms with E-state index in [1.165, 1.54) is 0 Å². The average Bonchev–Trinajstić information content (AvgIpc) is 2.45. The summed E-state index contributed by atoms with van der Waals surface area (Å²) in [5, 5.41) is 12.4. The van der Waals surface area contributed by atoms with Crippen LogP contribution in [0.5, 0.6) is 0 Å². The highest BCUT2D eigenvalue weighted by atomic mass is 16.6. The Morgan fingerprint density at radius 2 is 1.91 bits per heavy atom. The fourth-order valence-electron chi connectivity index (χ4n) is 3.37. The minimum atomic E-state index is -0.734. The maximum Gasteiger partial charge on any atom is 0.410 e. The number of nitrogens with zero attached hydrogens (tertiary/aromatic N) is 2. The molecule has 3 atom stereocenters. The molecule has 132 valence electrons. The van der Waals surface area contributed by atoms with Crippen molar-refractivity contribution in [2.45, 2.75) is 51.8 Å². The molecule has 2 fully saturated rings. The average molecular weight is 327 g/mol. The van der Waals surface area contributed by atoms with E-state index in [4.69, 9.17) is 4.74 Å². The normalized spacial score (nSPS) is 30.1. The van der Waals surface area contributed by atoms with Gasteiger partial charge in [-0.15, -0.1) is 0 Å². The first-order chi connectivity index (χ1) is 10.7. The number of piperidine rings is 1. The van der Waals surface area contributed by atoms with Crippen LogP contribution in [0.1, 0.15) is 34.1 Å². The summed E-state index contributed by atoms with van der Waals surface area (Å²) in [5.41, 5.74) is -0.487. The van der Waals surface area contributed by atoms with E-state index in [0.717, 1.165) is 13.1 Å². The van der Waals surface area contributed by atoms with Gasteiger partial charge in [0.1, 0.15) is 5.60 Å². The number of carbonyl (C=O) groups is 2. The van der Waals surface area contributed by atoms with Crippen molar-refractivity contribution in [3.8, 4) is 0 Å². The van der Waals surface area contributed by atoms with Crippen LogP contribution in [0.3, 0.4) is 0 Å². The number of rotatable bonds is 2. The lowest BCUT2D eigenvalue weighted by atomic mass is 9.93. The molecule has 3 unspecified atom stereocenters. The van der Waals surface area contributed by atoms with Gasteiger partial charge in [0.15, 0.2) is 0 Å². The summed E-state index contributed by atoms with van der Waals surface area (Å²) in [6.07, 6.45) is 0.397. The van der Waals surface area contributed by atoms with Crippen molar-refractivity contribution in [1.82, 2.24) is 15.1 Å². The zero-order valence-corrected chi connectivity index (χ0v) is 14.5. The smallest absolute Gasteiger partial charge is 0.410 e. The number of hydrogen-bond donors (Lipinski definition) is 2.